The van der Waals surface area contributed by atoms with Crippen LogP contribution in [0.15, 0.2) is 49.2 Å². The molecule has 204 valence electrons. The molecule has 0 spiro atoms. The average molecular weight is 536 g/mol. The van der Waals surface area contributed by atoms with Gasteiger partial charge in [-0.3, -0.25) is 4.68 Å². The van der Waals surface area contributed by atoms with Gasteiger partial charge in [0.1, 0.15) is 11.9 Å². The van der Waals surface area contributed by atoms with Gasteiger partial charge in [0, 0.05) is 61.0 Å². The number of aryl methyl sites for hydroxylation is 1. The molecule has 0 aliphatic carbocycles. The number of rotatable bonds is 6. The van der Waals surface area contributed by atoms with Crippen molar-refractivity contribution in [2.45, 2.75) is 46.2 Å². The second-order valence-corrected chi connectivity index (χ2v) is 11.1. The van der Waals surface area contributed by atoms with Crippen LogP contribution in [0.4, 0.5) is 19.0 Å². The number of halogens is 3. The molecule has 0 saturated carbocycles. The molecule has 1 aliphatic rings. The predicted molar refractivity (Wildman–Crippen MR) is 144 cm³/mol. The van der Waals surface area contributed by atoms with Gasteiger partial charge in [0.25, 0.3) is 0 Å². The van der Waals surface area contributed by atoms with Gasteiger partial charge in [-0.05, 0) is 48.8 Å². The lowest BCUT2D eigenvalue weighted by atomic mass is 9.68. The smallest absolute Gasteiger partial charge is 0.357 e. The van der Waals surface area contributed by atoms with E-state index in [2.05, 4.69) is 28.1 Å². The highest BCUT2D eigenvalue weighted by Gasteiger charge is 2.41. The molecule has 2 atom stereocenters. The zero-order valence-electron chi connectivity index (χ0n) is 22.6. The Labute approximate surface area is 225 Å². The van der Waals surface area contributed by atoms with E-state index in [1.54, 1.807) is 21.6 Å². The van der Waals surface area contributed by atoms with E-state index in [1.807, 2.05) is 50.8 Å². The summed E-state index contributed by atoms with van der Waals surface area (Å²) in [5.74, 6) is -0.478. The Kier molecular flexibility index (Phi) is 6.87. The maximum absolute atomic E-state index is 13.1. The minimum atomic E-state index is -4.15. The zero-order valence-corrected chi connectivity index (χ0v) is 22.6. The van der Waals surface area contributed by atoms with Crippen molar-refractivity contribution in [2.75, 3.05) is 18.0 Å². The first-order valence-corrected chi connectivity index (χ1v) is 13.2. The highest BCUT2D eigenvalue weighted by atomic mass is 19.4. The summed E-state index contributed by atoms with van der Waals surface area (Å²) in [6, 6.07) is 8.24. The standard InChI is InChI=1S/C29H32F3N7/c1-19(11-20(2)29(30,31)32)28(3)7-9-38(10-8-28)26-6-5-21(14-34-26)25-12-22(24-16-35-37(4)17-24)18-39-27(25)23(13-33)15-36-39/h5-6,12,14-20H,7-11H2,1-4H3/t19?,20-/m0/s1. The molecule has 5 heterocycles. The van der Waals surface area contributed by atoms with E-state index in [4.69, 9.17) is 4.98 Å². The van der Waals surface area contributed by atoms with Gasteiger partial charge in [0.05, 0.1) is 29.4 Å². The molecule has 1 fully saturated rings. The quantitative estimate of drug-likeness (QED) is 0.282. The summed E-state index contributed by atoms with van der Waals surface area (Å²) in [5.41, 5.74) is 4.64. The predicted octanol–water partition coefficient (Wildman–Crippen LogP) is 6.50. The molecule has 0 amide bonds. The number of pyridine rings is 2. The van der Waals surface area contributed by atoms with Crippen LogP contribution in [0.1, 0.15) is 45.6 Å². The van der Waals surface area contributed by atoms with Crippen LogP contribution in [0.2, 0.25) is 0 Å². The normalized spacial score (nSPS) is 17.2. The lowest BCUT2D eigenvalue weighted by molar-refractivity contribution is -0.176. The maximum atomic E-state index is 13.1. The molecule has 4 aromatic rings. The molecule has 1 saturated heterocycles. The molecule has 0 aromatic carbocycles. The number of fused-ring (bicyclic) bond motifs is 1. The van der Waals surface area contributed by atoms with Gasteiger partial charge in [0.15, 0.2) is 0 Å². The van der Waals surface area contributed by atoms with Crippen LogP contribution in [-0.2, 0) is 7.05 Å². The Bertz CT molecular complexity index is 1500. The monoisotopic (exact) mass is 535 g/mol. The molecule has 5 rings (SSSR count). The van der Waals surface area contributed by atoms with Gasteiger partial charge in [-0.25, -0.2) is 9.50 Å². The number of alkyl halides is 3. The Morgan fingerprint density at radius 3 is 2.36 bits per heavy atom. The number of hydrogen-bond acceptors (Lipinski definition) is 5. The van der Waals surface area contributed by atoms with Gasteiger partial charge < -0.3 is 4.90 Å². The summed E-state index contributed by atoms with van der Waals surface area (Å²) < 4.78 is 42.8. The first-order valence-electron chi connectivity index (χ1n) is 13.2. The topological polar surface area (TPSA) is 75.0 Å². The van der Waals surface area contributed by atoms with Gasteiger partial charge in [-0.2, -0.15) is 28.6 Å². The van der Waals surface area contributed by atoms with Gasteiger partial charge in [-0.1, -0.05) is 20.8 Å². The van der Waals surface area contributed by atoms with E-state index in [-0.39, 0.29) is 17.8 Å². The summed E-state index contributed by atoms with van der Waals surface area (Å²) in [6.45, 7) is 6.85. The van der Waals surface area contributed by atoms with Crippen LogP contribution in [-0.4, -0.2) is 43.6 Å². The number of anilines is 1. The molecule has 7 nitrogen and oxygen atoms in total. The number of nitriles is 1. The lowest BCUT2D eigenvalue weighted by Gasteiger charge is -2.44. The maximum Gasteiger partial charge on any atom is 0.391 e. The average Bonchev–Trinajstić information content (AvgIpc) is 3.54. The number of piperidine rings is 1. The van der Waals surface area contributed by atoms with Crippen LogP contribution < -0.4 is 4.90 Å². The van der Waals surface area contributed by atoms with Crippen molar-refractivity contribution in [3.05, 3.63) is 54.7 Å². The molecule has 10 heteroatoms. The lowest BCUT2D eigenvalue weighted by Crippen LogP contribution is -2.43. The summed E-state index contributed by atoms with van der Waals surface area (Å²) in [5, 5.41) is 18.3. The van der Waals surface area contributed by atoms with Crippen LogP contribution >= 0.6 is 0 Å². The molecule has 4 aromatic heterocycles. The largest absolute Gasteiger partial charge is 0.391 e. The molecule has 0 bridgehead atoms. The first-order chi connectivity index (χ1) is 18.5. The second-order valence-electron chi connectivity index (χ2n) is 11.1. The molecular weight excluding hydrogens is 503 g/mol. The molecule has 0 radical (unpaired) electrons. The highest BCUT2D eigenvalue weighted by Crippen LogP contribution is 2.44. The summed E-state index contributed by atoms with van der Waals surface area (Å²) in [7, 11) is 1.86. The third-order valence-corrected chi connectivity index (χ3v) is 8.51. The Morgan fingerprint density at radius 1 is 1.03 bits per heavy atom. The van der Waals surface area contributed by atoms with Crippen LogP contribution in [0.3, 0.4) is 0 Å². The molecule has 1 unspecified atom stereocenters. The Balaban J connectivity index is 1.36. The van der Waals surface area contributed by atoms with Crippen LogP contribution in [0.5, 0.6) is 0 Å². The summed E-state index contributed by atoms with van der Waals surface area (Å²) in [6.07, 6.45) is 6.62. The van der Waals surface area contributed by atoms with E-state index < -0.39 is 12.1 Å². The third kappa shape index (κ3) is 5.22. The van der Waals surface area contributed by atoms with E-state index in [0.29, 0.717) is 5.56 Å². The van der Waals surface area contributed by atoms with E-state index in [9.17, 15) is 18.4 Å². The van der Waals surface area contributed by atoms with Crippen molar-refractivity contribution in [3.63, 3.8) is 0 Å². The molecule has 39 heavy (non-hydrogen) atoms. The Hall–Kier alpha value is -3.87. The highest BCUT2D eigenvalue weighted by molar-refractivity contribution is 5.87. The van der Waals surface area contributed by atoms with Gasteiger partial charge in [-0.15, -0.1) is 0 Å². The fraction of sp³-hybridized carbons (Fsp3) is 0.448. The third-order valence-electron chi connectivity index (χ3n) is 8.51. The van der Waals surface area contributed by atoms with Gasteiger partial charge >= 0.3 is 6.18 Å². The zero-order chi connectivity index (χ0) is 27.9. The van der Waals surface area contributed by atoms with Crippen molar-refractivity contribution in [2.24, 2.45) is 24.3 Å². The van der Waals surface area contributed by atoms with Gasteiger partial charge in [0.2, 0.25) is 0 Å². The summed E-state index contributed by atoms with van der Waals surface area (Å²) >= 11 is 0. The molecule has 1 aliphatic heterocycles. The SMILES string of the molecule is CC(C[C@H](C)C(F)(F)F)C1(C)CCN(c2ccc(-c3cc(-c4cnn(C)c4)cn4ncc(C#N)c34)cn2)CC1. The molecule has 0 N–H and O–H groups in total. The fourth-order valence-electron chi connectivity index (χ4n) is 5.57. The molecular formula is C29H32F3N7. The van der Waals surface area contributed by atoms with Crippen LogP contribution in [0.25, 0.3) is 27.8 Å². The second kappa shape index (κ2) is 10.0. The van der Waals surface area contributed by atoms with E-state index in [1.165, 1.54) is 6.92 Å². The van der Waals surface area contributed by atoms with Crippen LogP contribution in [0, 0.1) is 28.6 Å². The number of hydrogen-bond donors (Lipinski definition) is 0. The Morgan fingerprint density at radius 2 is 1.77 bits per heavy atom. The number of nitrogens with zero attached hydrogens (tertiary/aromatic N) is 7. The minimum Gasteiger partial charge on any atom is -0.357 e. The van der Waals surface area contributed by atoms with Crippen molar-refractivity contribution in [1.29, 1.82) is 5.26 Å². The van der Waals surface area contributed by atoms with Crippen molar-refractivity contribution in [3.8, 4) is 28.3 Å². The summed E-state index contributed by atoms with van der Waals surface area (Å²) in [4.78, 5) is 6.95. The van der Waals surface area contributed by atoms with Crippen molar-refractivity contribution >= 4 is 11.3 Å². The number of aromatic nitrogens is 5. The van der Waals surface area contributed by atoms with E-state index in [0.717, 1.165) is 59.5 Å². The fourth-order valence-corrected chi connectivity index (χ4v) is 5.57. The van der Waals surface area contributed by atoms with Crippen molar-refractivity contribution in [1.82, 2.24) is 24.4 Å². The minimum absolute atomic E-state index is 0.0221. The first kappa shape index (κ1) is 26.7. The van der Waals surface area contributed by atoms with Crippen molar-refractivity contribution < 1.29 is 13.2 Å². The van der Waals surface area contributed by atoms with E-state index >= 15 is 0 Å².